The summed E-state index contributed by atoms with van der Waals surface area (Å²) in [6.07, 6.45) is 3.63. The molecule has 0 aliphatic carbocycles. The molecule has 0 bridgehead atoms. The zero-order valence-corrected chi connectivity index (χ0v) is 9.02. The number of rotatable bonds is 0. The Morgan fingerprint density at radius 2 is 2.20 bits per heavy atom. The van der Waals surface area contributed by atoms with Gasteiger partial charge in [0.25, 0.3) is 0 Å². The van der Waals surface area contributed by atoms with Crippen molar-refractivity contribution in [1.29, 1.82) is 0 Å². The maximum atomic E-state index is 10.8. The van der Waals surface area contributed by atoms with E-state index >= 15 is 0 Å². The fourth-order valence-corrected chi connectivity index (χ4v) is 2.72. The van der Waals surface area contributed by atoms with Crippen LogP contribution in [0.3, 0.4) is 0 Å². The van der Waals surface area contributed by atoms with Gasteiger partial charge < -0.3 is 14.4 Å². The maximum absolute atomic E-state index is 10.8. The van der Waals surface area contributed by atoms with Gasteiger partial charge in [0.2, 0.25) is 5.91 Å². The lowest BCUT2D eigenvalue weighted by molar-refractivity contribution is -0.143. The Morgan fingerprint density at radius 3 is 2.67 bits per heavy atom. The summed E-state index contributed by atoms with van der Waals surface area (Å²) in [7, 11) is 0. The molecule has 2 fully saturated rings. The number of aliphatic hydroxyl groups is 1. The number of β-lactam (4-membered cyclic amide) rings is 1. The normalized spacial score (nSPS) is 28.6. The maximum Gasteiger partial charge on any atom is 0.226 e. The van der Waals surface area contributed by atoms with Crippen LogP contribution in [-0.2, 0) is 4.79 Å². The van der Waals surface area contributed by atoms with Gasteiger partial charge in [0, 0.05) is 12.3 Å². The molecule has 2 aliphatic rings. The first kappa shape index (κ1) is 10.6. The smallest absolute Gasteiger partial charge is 0.226 e. The zero-order valence-electron chi connectivity index (χ0n) is 8.20. The molecule has 1 unspecified atom stereocenters. The van der Waals surface area contributed by atoms with Crippen LogP contribution in [0.5, 0.6) is 0 Å². The Labute approximate surface area is 92.2 Å². The number of fused-ring (bicyclic) bond motifs is 1. The number of furan rings is 1. The summed E-state index contributed by atoms with van der Waals surface area (Å²) >= 11 is 1.68. The minimum absolute atomic E-state index is 0.191. The number of thioether (sulfide) groups is 1. The van der Waals surface area contributed by atoms with Crippen molar-refractivity contribution in [2.24, 2.45) is 0 Å². The topological polar surface area (TPSA) is 53.7 Å². The lowest BCUT2D eigenvalue weighted by atomic mass is 10.2. The Hall–Kier alpha value is -0.940. The van der Waals surface area contributed by atoms with E-state index in [2.05, 4.69) is 4.42 Å². The molecule has 0 aromatic carbocycles. The third kappa shape index (κ3) is 2.54. The van der Waals surface area contributed by atoms with Crippen LogP contribution in [-0.4, -0.2) is 39.7 Å². The highest BCUT2D eigenvalue weighted by molar-refractivity contribution is 8.00. The summed E-state index contributed by atoms with van der Waals surface area (Å²) in [4.78, 5) is 12.6. The number of nitrogens with zero attached hydrogens (tertiary/aromatic N) is 1. The molecule has 3 rings (SSSR count). The van der Waals surface area contributed by atoms with E-state index in [9.17, 15) is 4.79 Å². The van der Waals surface area contributed by atoms with E-state index in [1.165, 1.54) is 0 Å². The number of aliphatic hydroxyl groups excluding tert-OH is 1. The predicted molar refractivity (Wildman–Crippen MR) is 57.3 cm³/mol. The molecule has 82 valence electrons. The van der Waals surface area contributed by atoms with Crippen molar-refractivity contribution in [1.82, 2.24) is 4.90 Å². The number of hydrogen-bond acceptors (Lipinski definition) is 4. The molecule has 2 atom stereocenters. The summed E-state index contributed by atoms with van der Waals surface area (Å²) in [6.45, 7) is 0.552. The SMILES string of the molecule is O=C1C[C@H]2SCC(O)CN12.c1ccoc1. The third-order valence-electron chi connectivity index (χ3n) is 2.33. The summed E-state index contributed by atoms with van der Waals surface area (Å²) in [5.74, 6) is 0.977. The fourth-order valence-electron chi connectivity index (χ4n) is 1.52. The first-order valence-electron chi connectivity index (χ1n) is 4.83. The van der Waals surface area contributed by atoms with Crippen LogP contribution in [0.2, 0.25) is 0 Å². The lowest BCUT2D eigenvalue weighted by Gasteiger charge is -2.44. The summed E-state index contributed by atoms with van der Waals surface area (Å²) in [6, 6.07) is 3.67. The van der Waals surface area contributed by atoms with Crippen LogP contribution in [0.15, 0.2) is 29.1 Å². The Morgan fingerprint density at radius 1 is 1.47 bits per heavy atom. The third-order valence-corrected chi connectivity index (χ3v) is 3.71. The van der Waals surface area contributed by atoms with E-state index in [-0.39, 0.29) is 12.0 Å². The Bertz CT molecular complexity index is 297. The van der Waals surface area contributed by atoms with Crippen molar-refractivity contribution in [3.05, 3.63) is 24.7 Å². The molecule has 2 saturated heterocycles. The molecule has 0 saturated carbocycles. The van der Waals surface area contributed by atoms with Gasteiger partial charge in [0.15, 0.2) is 0 Å². The lowest BCUT2D eigenvalue weighted by Crippen LogP contribution is -2.57. The fraction of sp³-hybridized carbons (Fsp3) is 0.500. The minimum atomic E-state index is -0.300. The van der Waals surface area contributed by atoms with Gasteiger partial charge in [-0.1, -0.05) is 0 Å². The van der Waals surface area contributed by atoms with Crippen LogP contribution in [0.1, 0.15) is 6.42 Å². The minimum Gasteiger partial charge on any atom is -0.473 e. The van der Waals surface area contributed by atoms with Crippen molar-refractivity contribution in [2.45, 2.75) is 17.9 Å². The first-order chi connectivity index (χ1) is 7.27. The van der Waals surface area contributed by atoms with E-state index in [4.69, 9.17) is 5.11 Å². The molecule has 1 aromatic rings. The second-order valence-electron chi connectivity index (χ2n) is 3.49. The Kier molecular flexibility index (Phi) is 3.33. The highest BCUT2D eigenvalue weighted by atomic mass is 32.2. The summed E-state index contributed by atoms with van der Waals surface area (Å²) < 4.78 is 4.58. The van der Waals surface area contributed by atoms with E-state index in [1.54, 1.807) is 29.2 Å². The van der Waals surface area contributed by atoms with Gasteiger partial charge in [-0.2, -0.15) is 0 Å². The first-order valence-corrected chi connectivity index (χ1v) is 5.88. The van der Waals surface area contributed by atoms with Crippen molar-refractivity contribution in [2.75, 3.05) is 12.3 Å². The van der Waals surface area contributed by atoms with E-state index in [0.717, 1.165) is 5.75 Å². The monoisotopic (exact) mass is 227 g/mol. The molecule has 15 heavy (non-hydrogen) atoms. The Balaban J connectivity index is 0.000000144. The van der Waals surface area contributed by atoms with Crippen LogP contribution >= 0.6 is 11.8 Å². The molecule has 2 aliphatic heterocycles. The van der Waals surface area contributed by atoms with Gasteiger partial charge in [0.05, 0.1) is 30.4 Å². The zero-order chi connectivity index (χ0) is 10.7. The second-order valence-corrected chi connectivity index (χ2v) is 4.70. The van der Waals surface area contributed by atoms with Crippen molar-refractivity contribution < 1.29 is 14.3 Å². The van der Waals surface area contributed by atoms with Crippen LogP contribution < -0.4 is 0 Å². The van der Waals surface area contributed by atoms with Gasteiger partial charge in [0.1, 0.15) is 0 Å². The summed E-state index contributed by atoms with van der Waals surface area (Å²) in [5, 5.41) is 9.52. The van der Waals surface area contributed by atoms with Gasteiger partial charge in [-0.05, 0) is 12.1 Å². The quantitative estimate of drug-likeness (QED) is 0.670. The molecule has 1 N–H and O–H groups in total. The average molecular weight is 227 g/mol. The van der Waals surface area contributed by atoms with Crippen molar-refractivity contribution >= 4 is 17.7 Å². The van der Waals surface area contributed by atoms with Crippen LogP contribution in [0, 0.1) is 0 Å². The highest BCUT2D eigenvalue weighted by Crippen LogP contribution is 2.33. The molecule has 0 radical (unpaired) electrons. The molecule has 0 spiro atoms. The number of carbonyl (C=O) groups is 1. The molecule has 1 amide bonds. The molecular formula is C10H13NO3S. The van der Waals surface area contributed by atoms with Gasteiger partial charge >= 0.3 is 0 Å². The van der Waals surface area contributed by atoms with E-state index in [0.29, 0.717) is 18.3 Å². The van der Waals surface area contributed by atoms with Gasteiger partial charge in [-0.3, -0.25) is 4.79 Å². The van der Waals surface area contributed by atoms with E-state index < -0.39 is 0 Å². The largest absolute Gasteiger partial charge is 0.473 e. The number of carbonyl (C=O) groups excluding carboxylic acids is 1. The molecule has 5 heteroatoms. The van der Waals surface area contributed by atoms with Crippen molar-refractivity contribution in [3.63, 3.8) is 0 Å². The van der Waals surface area contributed by atoms with Gasteiger partial charge in [-0.15, -0.1) is 11.8 Å². The standard InChI is InChI=1S/C6H9NO2S.C4H4O/c8-4-2-7-5(9)1-6(7)10-3-4;1-2-4-5-3-1/h4,6,8H,1-3H2;1-4H/t4?,6-;/m1./s1. The molecule has 4 nitrogen and oxygen atoms in total. The van der Waals surface area contributed by atoms with Gasteiger partial charge in [-0.25, -0.2) is 0 Å². The van der Waals surface area contributed by atoms with Crippen LogP contribution in [0.25, 0.3) is 0 Å². The van der Waals surface area contributed by atoms with E-state index in [1.807, 2.05) is 12.1 Å². The van der Waals surface area contributed by atoms with Crippen molar-refractivity contribution in [3.8, 4) is 0 Å². The number of amides is 1. The highest BCUT2D eigenvalue weighted by Gasteiger charge is 2.40. The summed E-state index contributed by atoms with van der Waals surface area (Å²) in [5.41, 5.74) is 0. The molecule has 1 aromatic heterocycles. The molecule has 3 heterocycles. The van der Waals surface area contributed by atoms with Crippen LogP contribution in [0.4, 0.5) is 0 Å². The average Bonchev–Trinajstić information content (AvgIpc) is 2.78. The number of hydrogen-bond donors (Lipinski definition) is 1. The molecular weight excluding hydrogens is 214 g/mol. The predicted octanol–water partition coefficient (Wildman–Crippen LogP) is 0.932. The second kappa shape index (κ2) is 4.72.